The second kappa shape index (κ2) is 5.48. The molecular formula is C13H27N3. The van der Waals surface area contributed by atoms with Gasteiger partial charge in [0, 0.05) is 19.1 Å². The van der Waals surface area contributed by atoms with Gasteiger partial charge in [-0.3, -0.25) is 0 Å². The molecule has 2 rings (SSSR count). The zero-order valence-electron chi connectivity index (χ0n) is 11.1. The van der Waals surface area contributed by atoms with Crippen LogP contribution in [0.1, 0.15) is 19.8 Å². The van der Waals surface area contributed by atoms with Crippen molar-refractivity contribution in [3.63, 3.8) is 0 Å². The largest absolute Gasteiger partial charge is 0.316 e. The highest BCUT2D eigenvalue weighted by Crippen LogP contribution is 2.21. The predicted octanol–water partition coefficient (Wildman–Crippen LogP) is 0.868. The topological polar surface area (TPSA) is 18.5 Å². The van der Waals surface area contributed by atoms with Crippen molar-refractivity contribution in [1.82, 2.24) is 15.1 Å². The van der Waals surface area contributed by atoms with Crippen molar-refractivity contribution < 1.29 is 0 Å². The maximum atomic E-state index is 3.46. The van der Waals surface area contributed by atoms with Crippen LogP contribution in [-0.2, 0) is 0 Å². The second-order valence-electron chi connectivity index (χ2n) is 5.92. The second-order valence-corrected chi connectivity index (χ2v) is 5.92. The smallest absolute Gasteiger partial charge is 0.0254 e. The Labute approximate surface area is 100 Å². The molecular weight excluding hydrogens is 198 g/mol. The Hall–Kier alpha value is -0.120. The number of hydrogen-bond donors (Lipinski definition) is 1. The molecule has 3 nitrogen and oxygen atoms in total. The molecule has 0 aliphatic carbocycles. The summed E-state index contributed by atoms with van der Waals surface area (Å²) < 4.78 is 0. The lowest BCUT2D eigenvalue weighted by Crippen LogP contribution is -2.34. The summed E-state index contributed by atoms with van der Waals surface area (Å²) in [6.45, 7) is 8.75. The molecule has 3 atom stereocenters. The Kier molecular flexibility index (Phi) is 4.22. The van der Waals surface area contributed by atoms with E-state index in [0.717, 1.165) is 17.9 Å². The van der Waals surface area contributed by atoms with Crippen LogP contribution < -0.4 is 5.32 Å². The summed E-state index contributed by atoms with van der Waals surface area (Å²) in [5.41, 5.74) is 0. The molecule has 0 bridgehead atoms. The molecule has 3 unspecified atom stereocenters. The molecule has 2 saturated heterocycles. The standard InChI is InChI=1S/C13H27N3/c1-11-9-16(10-13(11)15(2)3)7-5-12-4-6-14-8-12/h11-14H,4-10H2,1-3H3. The van der Waals surface area contributed by atoms with E-state index in [1.807, 2.05) is 0 Å². The molecule has 3 heteroatoms. The highest BCUT2D eigenvalue weighted by molar-refractivity contribution is 4.87. The Morgan fingerprint density at radius 3 is 2.69 bits per heavy atom. The van der Waals surface area contributed by atoms with Crippen molar-refractivity contribution in [1.29, 1.82) is 0 Å². The first-order chi connectivity index (χ1) is 7.66. The molecule has 16 heavy (non-hydrogen) atoms. The number of nitrogens with zero attached hydrogens (tertiary/aromatic N) is 2. The van der Waals surface area contributed by atoms with Gasteiger partial charge in [-0.25, -0.2) is 0 Å². The van der Waals surface area contributed by atoms with E-state index in [1.54, 1.807) is 0 Å². The normalized spacial score (nSPS) is 36.4. The van der Waals surface area contributed by atoms with E-state index in [2.05, 4.69) is 36.1 Å². The van der Waals surface area contributed by atoms with Crippen LogP contribution in [-0.4, -0.2) is 62.7 Å². The zero-order valence-corrected chi connectivity index (χ0v) is 11.1. The minimum absolute atomic E-state index is 0.765. The highest BCUT2D eigenvalue weighted by Gasteiger charge is 2.30. The fourth-order valence-corrected chi connectivity index (χ4v) is 3.23. The molecule has 2 fully saturated rings. The zero-order chi connectivity index (χ0) is 11.5. The molecule has 0 aromatic carbocycles. The lowest BCUT2D eigenvalue weighted by Gasteiger charge is -2.23. The maximum Gasteiger partial charge on any atom is 0.0254 e. The first kappa shape index (κ1) is 12.3. The minimum Gasteiger partial charge on any atom is -0.316 e. The average Bonchev–Trinajstić information content (AvgIpc) is 2.83. The van der Waals surface area contributed by atoms with Crippen LogP contribution in [0.25, 0.3) is 0 Å². The third-order valence-corrected chi connectivity index (χ3v) is 4.33. The molecule has 2 heterocycles. The molecule has 0 aromatic heterocycles. The fraction of sp³-hybridized carbons (Fsp3) is 1.00. The van der Waals surface area contributed by atoms with Gasteiger partial charge in [-0.15, -0.1) is 0 Å². The third kappa shape index (κ3) is 2.96. The third-order valence-electron chi connectivity index (χ3n) is 4.33. The lowest BCUT2D eigenvalue weighted by molar-refractivity contribution is 0.247. The molecule has 0 spiro atoms. The van der Waals surface area contributed by atoms with Gasteiger partial charge in [0.05, 0.1) is 0 Å². The van der Waals surface area contributed by atoms with E-state index in [1.165, 1.54) is 45.6 Å². The van der Waals surface area contributed by atoms with Crippen molar-refractivity contribution in [3.8, 4) is 0 Å². The van der Waals surface area contributed by atoms with Crippen LogP contribution in [0.2, 0.25) is 0 Å². The van der Waals surface area contributed by atoms with E-state index < -0.39 is 0 Å². The molecule has 2 aliphatic rings. The summed E-state index contributed by atoms with van der Waals surface area (Å²) in [6.07, 6.45) is 2.78. The van der Waals surface area contributed by atoms with Crippen molar-refractivity contribution in [3.05, 3.63) is 0 Å². The molecule has 0 radical (unpaired) electrons. The fourth-order valence-electron chi connectivity index (χ4n) is 3.23. The van der Waals surface area contributed by atoms with Crippen molar-refractivity contribution in [2.75, 3.05) is 46.8 Å². The van der Waals surface area contributed by atoms with E-state index in [4.69, 9.17) is 0 Å². The van der Waals surface area contributed by atoms with Gasteiger partial charge in [-0.05, 0) is 58.4 Å². The van der Waals surface area contributed by atoms with Gasteiger partial charge in [0.25, 0.3) is 0 Å². The molecule has 2 aliphatic heterocycles. The highest BCUT2D eigenvalue weighted by atomic mass is 15.2. The first-order valence-corrected chi connectivity index (χ1v) is 6.76. The SMILES string of the molecule is CC1CN(CCC2CCNC2)CC1N(C)C. The van der Waals surface area contributed by atoms with Gasteiger partial charge in [-0.2, -0.15) is 0 Å². The Bertz CT molecular complexity index is 211. The quantitative estimate of drug-likeness (QED) is 0.766. The Morgan fingerprint density at radius 1 is 1.31 bits per heavy atom. The number of nitrogens with one attached hydrogen (secondary N) is 1. The van der Waals surface area contributed by atoms with E-state index >= 15 is 0 Å². The first-order valence-electron chi connectivity index (χ1n) is 6.76. The van der Waals surface area contributed by atoms with Gasteiger partial charge in [0.15, 0.2) is 0 Å². The monoisotopic (exact) mass is 225 g/mol. The molecule has 0 aromatic rings. The molecule has 0 saturated carbocycles. The van der Waals surface area contributed by atoms with Crippen LogP contribution in [0.4, 0.5) is 0 Å². The van der Waals surface area contributed by atoms with E-state index in [-0.39, 0.29) is 0 Å². The van der Waals surface area contributed by atoms with Crippen molar-refractivity contribution in [2.24, 2.45) is 11.8 Å². The number of rotatable bonds is 4. The van der Waals surface area contributed by atoms with Crippen molar-refractivity contribution >= 4 is 0 Å². The predicted molar refractivity (Wildman–Crippen MR) is 68.7 cm³/mol. The molecule has 0 amide bonds. The maximum absolute atomic E-state index is 3.46. The van der Waals surface area contributed by atoms with E-state index in [9.17, 15) is 0 Å². The molecule has 94 valence electrons. The summed E-state index contributed by atoms with van der Waals surface area (Å²) in [7, 11) is 4.43. The number of likely N-dealkylation sites (N-methyl/N-ethyl adjacent to an activating group) is 1. The Morgan fingerprint density at radius 2 is 2.12 bits per heavy atom. The lowest BCUT2D eigenvalue weighted by atomic mass is 10.1. The van der Waals surface area contributed by atoms with Crippen LogP contribution in [0.3, 0.4) is 0 Å². The van der Waals surface area contributed by atoms with Gasteiger partial charge >= 0.3 is 0 Å². The van der Waals surface area contributed by atoms with Gasteiger partial charge < -0.3 is 15.1 Å². The van der Waals surface area contributed by atoms with E-state index in [0.29, 0.717) is 0 Å². The van der Waals surface area contributed by atoms with Gasteiger partial charge in [0.2, 0.25) is 0 Å². The summed E-state index contributed by atoms with van der Waals surface area (Å²) >= 11 is 0. The number of hydrogen-bond acceptors (Lipinski definition) is 3. The summed E-state index contributed by atoms with van der Waals surface area (Å²) in [4.78, 5) is 5.05. The van der Waals surface area contributed by atoms with Crippen LogP contribution in [0.5, 0.6) is 0 Å². The molecule has 1 N–H and O–H groups in total. The number of likely N-dealkylation sites (tertiary alicyclic amines) is 1. The summed E-state index contributed by atoms with van der Waals surface area (Å²) in [5, 5.41) is 3.46. The minimum atomic E-state index is 0.765. The average molecular weight is 225 g/mol. The van der Waals surface area contributed by atoms with Crippen LogP contribution in [0.15, 0.2) is 0 Å². The van der Waals surface area contributed by atoms with Crippen molar-refractivity contribution in [2.45, 2.75) is 25.8 Å². The van der Waals surface area contributed by atoms with Crippen LogP contribution >= 0.6 is 0 Å². The van der Waals surface area contributed by atoms with Gasteiger partial charge in [0.1, 0.15) is 0 Å². The van der Waals surface area contributed by atoms with Gasteiger partial charge in [-0.1, -0.05) is 6.92 Å². The summed E-state index contributed by atoms with van der Waals surface area (Å²) in [5.74, 6) is 1.77. The summed E-state index contributed by atoms with van der Waals surface area (Å²) in [6, 6.07) is 0.765. The van der Waals surface area contributed by atoms with Crippen LogP contribution in [0, 0.1) is 11.8 Å². The Balaban J connectivity index is 1.71.